The standard InChI is InChI=1S/C13H17ClN2O2/c1-9-6-10(2-3-12(9)14)13(17)16-8-11-7-15-4-5-18-11/h2-3,6,11,15H,4-5,7-8H2,1H3,(H,16,17). The van der Waals surface area contributed by atoms with Gasteiger partial charge in [-0.1, -0.05) is 11.6 Å². The number of benzene rings is 1. The third-order valence-electron chi connectivity index (χ3n) is 2.91. The highest BCUT2D eigenvalue weighted by atomic mass is 35.5. The van der Waals surface area contributed by atoms with Crippen LogP contribution in [0.5, 0.6) is 0 Å². The van der Waals surface area contributed by atoms with E-state index in [-0.39, 0.29) is 12.0 Å². The Balaban J connectivity index is 1.88. The molecule has 1 fully saturated rings. The van der Waals surface area contributed by atoms with Crippen molar-refractivity contribution in [3.8, 4) is 0 Å². The van der Waals surface area contributed by atoms with Crippen molar-refractivity contribution in [3.63, 3.8) is 0 Å². The number of hydrogen-bond acceptors (Lipinski definition) is 3. The fraction of sp³-hybridized carbons (Fsp3) is 0.462. The lowest BCUT2D eigenvalue weighted by Crippen LogP contribution is -2.45. The summed E-state index contributed by atoms with van der Waals surface area (Å²) in [7, 11) is 0. The Hall–Kier alpha value is -1.10. The lowest BCUT2D eigenvalue weighted by atomic mass is 10.1. The molecule has 0 aromatic heterocycles. The zero-order valence-electron chi connectivity index (χ0n) is 10.3. The average molecular weight is 269 g/mol. The van der Waals surface area contributed by atoms with Crippen molar-refractivity contribution in [1.29, 1.82) is 0 Å². The van der Waals surface area contributed by atoms with Gasteiger partial charge in [-0.3, -0.25) is 4.79 Å². The Kier molecular flexibility index (Phi) is 4.58. The summed E-state index contributed by atoms with van der Waals surface area (Å²) in [5.74, 6) is -0.0936. The van der Waals surface area contributed by atoms with Crippen LogP contribution in [0.2, 0.25) is 5.02 Å². The topological polar surface area (TPSA) is 50.4 Å². The van der Waals surface area contributed by atoms with E-state index in [0.717, 1.165) is 18.7 Å². The maximum Gasteiger partial charge on any atom is 0.251 e. The SMILES string of the molecule is Cc1cc(C(=O)NCC2CNCCO2)ccc1Cl. The summed E-state index contributed by atoms with van der Waals surface area (Å²) in [5.41, 5.74) is 1.53. The van der Waals surface area contributed by atoms with E-state index in [4.69, 9.17) is 16.3 Å². The van der Waals surface area contributed by atoms with E-state index in [2.05, 4.69) is 10.6 Å². The summed E-state index contributed by atoms with van der Waals surface area (Å²) in [6.45, 7) is 4.75. The molecule has 18 heavy (non-hydrogen) atoms. The molecule has 0 spiro atoms. The molecule has 1 aliphatic heterocycles. The first-order valence-electron chi connectivity index (χ1n) is 6.03. The minimum Gasteiger partial charge on any atom is -0.374 e. The van der Waals surface area contributed by atoms with Crippen molar-refractivity contribution in [2.24, 2.45) is 0 Å². The van der Waals surface area contributed by atoms with Gasteiger partial charge >= 0.3 is 0 Å². The Labute approximate surface area is 112 Å². The molecule has 1 unspecified atom stereocenters. The van der Waals surface area contributed by atoms with Crippen LogP contribution >= 0.6 is 11.6 Å². The Bertz CT molecular complexity index is 431. The molecule has 0 aliphatic carbocycles. The van der Waals surface area contributed by atoms with Gasteiger partial charge in [0.2, 0.25) is 0 Å². The number of nitrogens with one attached hydrogen (secondary N) is 2. The minimum absolute atomic E-state index is 0.0519. The van der Waals surface area contributed by atoms with Crippen LogP contribution in [0.3, 0.4) is 0 Å². The van der Waals surface area contributed by atoms with E-state index < -0.39 is 0 Å². The zero-order valence-corrected chi connectivity index (χ0v) is 11.1. The Morgan fingerprint density at radius 2 is 2.44 bits per heavy atom. The van der Waals surface area contributed by atoms with Crippen LogP contribution in [0, 0.1) is 6.92 Å². The first-order valence-corrected chi connectivity index (χ1v) is 6.41. The molecule has 1 aromatic rings. The van der Waals surface area contributed by atoms with Crippen molar-refractivity contribution in [1.82, 2.24) is 10.6 Å². The van der Waals surface area contributed by atoms with Gasteiger partial charge in [-0.2, -0.15) is 0 Å². The van der Waals surface area contributed by atoms with E-state index >= 15 is 0 Å². The molecule has 1 saturated heterocycles. The number of hydrogen-bond donors (Lipinski definition) is 2. The molecule has 0 bridgehead atoms. The maximum atomic E-state index is 11.9. The van der Waals surface area contributed by atoms with Gasteiger partial charge in [-0.15, -0.1) is 0 Å². The second kappa shape index (κ2) is 6.18. The minimum atomic E-state index is -0.0936. The molecule has 0 radical (unpaired) electrons. The lowest BCUT2D eigenvalue weighted by molar-refractivity contribution is 0.0287. The van der Waals surface area contributed by atoms with Gasteiger partial charge in [0.15, 0.2) is 0 Å². The van der Waals surface area contributed by atoms with Crippen molar-refractivity contribution >= 4 is 17.5 Å². The van der Waals surface area contributed by atoms with Gasteiger partial charge in [-0.05, 0) is 30.7 Å². The van der Waals surface area contributed by atoms with Gasteiger partial charge in [0.1, 0.15) is 0 Å². The van der Waals surface area contributed by atoms with Crippen LogP contribution < -0.4 is 10.6 Å². The summed E-state index contributed by atoms with van der Waals surface area (Å²) in [6, 6.07) is 5.26. The number of halogens is 1. The van der Waals surface area contributed by atoms with E-state index in [1.54, 1.807) is 18.2 Å². The molecule has 0 saturated carbocycles. The molecule has 4 nitrogen and oxygen atoms in total. The summed E-state index contributed by atoms with van der Waals surface area (Å²) in [4.78, 5) is 11.9. The smallest absolute Gasteiger partial charge is 0.251 e. The maximum absolute atomic E-state index is 11.9. The Morgan fingerprint density at radius 1 is 1.61 bits per heavy atom. The van der Waals surface area contributed by atoms with Gasteiger partial charge in [0, 0.05) is 30.2 Å². The van der Waals surface area contributed by atoms with E-state index in [1.807, 2.05) is 6.92 Å². The van der Waals surface area contributed by atoms with E-state index in [0.29, 0.717) is 23.7 Å². The van der Waals surface area contributed by atoms with Crippen LogP contribution in [0.1, 0.15) is 15.9 Å². The molecule has 1 aromatic carbocycles. The van der Waals surface area contributed by atoms with E-state index in [9.17, 15) is 4.79 Å². The predicted octanol–water partition coefficient (Wildman–Crippen LogP) is 1.37. The molecule has 1 amide bonds. The van der Waals surface area contributed by atoms with Crippen molar-refractivity contribution in [2.45, 2.75) is 13.0 Å². The third-order valence-corrected chi connectivity index (χ3v) is 3.34. The van der Waals surface area contributed by atoms with Crippen molar-refractivity contribution < 1.29 is 9.53 Å². The van der Waals surface area contributed by atoms with Crippen LogP contribution in [-0.2, 0) is 4.74 Å². The summed E-state index contributed by atoms with van der Waals surface area (Å²) in [6.07, 6.45) is 0.0519. The molecular formula is C13H17ClN2O2. The number of morpholine rings is 1. The first kappa shape index (κ1) is 13.3. The molecule has 2 rings (SSSR count). The molecule has 1 atom stereocenters. The summed E-state index contributed by atoms with van der Waals surface area (Å²) >= 11 is 5.92. The highest BCUT2D eigenvalue weighted by Crippen LogP contribution is 2.16. The number of carbonyl (C=O) groups is 1. The normalized spacial score (nSPS) is 19.6. The number of carbonyl (C=O) groups excluding carboxylic acids is 1. The number of amides is 1. The zero-order chi connectivity index (χ0) is 13.0. The summed E-state index contributed by atoms with van der Waals surface area (Å²) in [5, 5.41) is 6.76. The van der Waals surface area contributed by atoms with Gasteiger partial charge in [0.25, 0.3) is 5.91 Å². The number of aryl methyl sites for hydroxylation is 1. The highest BCUT2D eigenvalue weighted by molar-refractivity contribution is 6.31. The molecule has 98 valence electrons. The highest BCUT2D eigenvalue weighted by Gasteiger charge is 2.15. The number of rotatable bonds is 3. The fourth-order valence-corrected chi connectivity index (χ4v) is 1.96. The van der Waals surface area contributed by atoms with Gasteiger partial charge < -0.3 is 15.4 Å². The largest absolute Gasteiger partial charge is 0.374 e. The van der Waals surface area contributed by atoms with E-state index in [1.165, 1.54) is 0 Å². The van der Waals surface area contributed by atoms with Crippen LogP contribution in [0.15, 0.2) is 18.2 Å². The Morgan fingerprint density at radius 3 is 3.11 bits per heavy atom. The predicted molar refractivity (Wildman–Crippen MR) is 71.1 cm³/mol. The van der Waals surface area contributed by atoms with Gasteiger partial charge in [0.05, 0.1) is 12.7 Å². The third kappa shape index (κ3) is 3.45. The number of ether oxygens (including phenoxy) is 1. The quantitative estimate of drug-likeness (QED) is 0.871. The second-order valence-electron chi connectivity index (χ2n) is 4.37. The van der Waals surface area contributed by atoms with Gasteiger partial charge in [-0.25, -0.2) is 0 Å². The fourth-order valence-electron chi connectivity index (χ4n) is 1.85. The van der Waals surface area contributed by atoms with Crippen molar-refractivity contribution in [3.05, 3.63) is 34.3 Å². The van der Waals surface area contributed by atoms with Crippen LogP contribution in [0.4, 0.5) is 0 Å². The van der Waals surface area contributed by atoms with Crippen LogP contribution in [-0.4, -0.2) is 38.3 Å². The molecular weight excluding hydrogens is 252 g/mol. The lowest BCUT2D eigenvalue weighted by Gasteiger charge is -2.23. The molecule has 1 aliphatic rings. The summed E-state index contributed by atoms with van der Waals surface area (Å²) < 4.78 is 5.51. The average Bonchev–Trinajstić information content (AvgIpc) is 2.40. The molecule has 1 heterocycles. The first-order chi connectivity index (χ1) is 8.66. The second-order valence-corrected chi connectivity index (χ2v) is 4.78. The monoisotopic (exact) mass is 268 g/mol. The van der Waals surface area contributed by atoms with Crippen LogP contribution in [0.25, 0.3) is 0 Å². The molecule has 2 N–H and O–H groups in total. The van der Waals surface area contributed by atoms with Crippen molar-refractivity contribution in [2.75, 3.05) is 26.2 Å². The molecule has 5 heteroatoms.